The molecule has 1 heterocycles. The molecular formula is C16H23NO. The van der Waals surface area contributed by atoms with Gasteiger partial charge < -0.3 is 5.32 Å². The van der Waals surface area contributed by atoms with E-state index in [1.54, 1.807) is 6.92 Å². The lowest BCUT2D eigenvalue weighted by Gasteiger charge is -2.40. The zero-order valence-corrected chi connectivity index (χ0v) is 11.8. The molecule has 98 valence electrons. The first-order valence-corrected chi connectivity index (χ1v) is 6.71. The predicted molar refractivity (Wildman–Crippen MR) is 74.6 cm³/mol. The fraction of sp³-hybridized carbons (Fsp3) is 0.562. The van der Waals surface area contributed by atoms with Crippen LogP contribution in [0.4, 0.5) is 0 Å². The summed E-state index contributed by atoms with van der Waals surface area (Å²) in [5, 5.41) is 3.66. The normalized spacial score (nSPS) is 23.6. The summed E-state index contributed by atoms with van der Waals surface area (Å²) in [7, 11) is 0. The van der Waals surface area contributed by atoms with Gasteiger partial charge in [0.2, 0.25) is 0 Å². The highest BCUT2D eigenvalue weighted by Gasteiger charge is 2.33. The molecule has 0 saturated heterocycles. The quantitative estimate of drug-likeness (QED) is 0.866. The van der Waals surface area contributed by atoms with Gasteiger partial charge >= 0.3 is 0 Å². The van der Waals surface area contributed by atoms with E-state index in [-0.39, 0.29) is 17.2 Å². The number of ketones is 1. The summed E-state index contributed by atoms with van der Waals surface area (Å²) in [5.41, 5.74) is 2.94. The van der Waals surface area contributed by atoms with Crippen molar-refractivity contribution < 1.29 is 4.79 Å². The number of hydrogen-bond donors (Lipinski definition) is 1. The summed E-state index contributed by atoms with van der Waals surface area (Å²) in [6, 6.07) is 9.21. The number of hydrogen-bond acceptors (Lipinski definition) is 2. The first-order chi connectivity index (χ1) is 8.38. The first-order valence-electron chi connectivity index (χ1n) is 6.71. The van der Waals surface area contributed by atoms with E-state index in [0.29, 0.717) is 12.5 Å². The van der Waals surface area contributed by atoms with Crippen LogP contribution in [0, 0.1) is 5.41 Å². The number of carbonyl (C=O) groups excluding carboxylic acids is 1. The van der Waals surface area contributed by atoms with E-state index >= 15 is 0 Å². The predicted octanol–water partition coefficient (Wildman–Crippen LogP) is 3.27. The topological polar surface area (TPSA) is 29.1 Å². The molecule has 0 saturated carbocycles. The third kappa shape index (κ3) is 2.81. The fourth-order valence-corrected chi connectivity index (χ4v) is 2.85. The maximum absolute atomic E-state index is 11.3. The molecule has 2 atom stereocenters. The van der Waals surface area contributed by atoms with Gasteiger partial charge in [0.05, 0.1) is 0 Å². The standard InChI is InChI=1S/C16H23NO/c1-11(18)9-13-10-12-7-5-6-8-14(12)15(17-13)16(2,3)4/h5-8,13,15,17H,9-10H2,1-4H3/t13-,15+/m1/s1. The van der Waals surface area contributed by atoms with Crippen molar-refractivity contribution >= 4 is 5.78 Å². The molecule has 1 N–H and O–H groups in total. The second-order valence-electron chi connectivity index (χ2n) is 6.47. The molecule has 0 aromatic heterocycles. The van der Waals surface area contributed by atoms with Crippen molar-refractivity contribution in [1.82, 2.24) is 5.32 Å². The summed E-state index contributed by atoms with van der Waals surface area (Å²) in [5.74, 6) is 0.263. The van der Waals surface area contributed by atoms with E-state index in [2.05, 4.69) is 50.4 Å². The molecule has 1 aliphatic rings. The highest BCUT2D eigenvalue weighted by atomic mass is 16.1. The average molecular weight is 245 g/mol. The van der Waals surface area contributed by atoms with Gasteiger partial charge in [-0.1, -0.05) is 45.0 Å². The van der Waals surface area contributed by atoms with Crippen molar-refractivity contribution in [2.75, 3.05) is 0 Å². The Morgan fingerprint density at radius 2 is 2.00 bits per heavy atom. The summed E-state index contributed by atoms with van der Waals surface area (Å²) < 4.78 is 0. The number of nitrogens with one attached hydrogen (secondary N) is 1. The van der Waals surface area contributed by atoms with Crippen molar-refractivity contribution in [3.63, 3.8) is 0 Å². The summed E-state index contributed by atoms with van der Waals surface area (Å²) in [6.45, 7) is 8.42. The van der Waals surface area contributed by atoms with Crippen LogP contribution in [0.1, 0.15) is 51.3 Å². The maximum Gasteiger partial charge on any atom is 0.131 e. The van der Waals surface area contributed by atoms with Crippen LogP contribution in [-0.4, -0.2) is 11.8 Å². The van der Waals surface area contributed by atoms with Crippen LogP contribution < -0.4 is 5.32 Å². The van der Waals surface area contributed by atoms with Crippen LogP contribution >= 0.6 is 0 Å². The minimum absolute atomic E-state index is 0.158. The van der Waals surface area contributed by atoms with E-state index in [1.165, 1.54) is 11.1 Å². The first kappa shape index (κ1) is 13.3. The van der Waals surface area contributed by atoms with E-state index in [0.717, 1.165) is 6.42 Å². The number of Topliss-reactive ketones (excluding diaryl/α,β-unsaturated/α-hetero) is 1. The summed E-state index contributed by atoms with van der Waals surface area (Å²) >= 11 is 0. The number of fused-ring (bicyclic) bond motifs is 1. The maximum atomic E-state index is 11.3. The highest BCUT2D eigenvalue weighted by molar-refractivity contribution is 5.76. The van der Waals surface area contributed by atoms with Gasteiger partial charge in [-0.15, -0.1) is 0 Å². The molecule has 2 heteroatoms. The molecule has 0 unspecified atom stereocenters. The average Bonchev–Trinajstić information content (AvgIpc) is 2.25. The van der Waals surface area contributed by atoms with E-state index < -0.39 is 0 Å². The van der Waals surface area contributed by atoms with Crippen LogP contribution in [0.15, 0.2) is 24.3 Å². The van der Waals surface area contributed by atoms with Gasteiger partial charge in [0.25, 0.3) is 0 Å². The van der Waals surface area contributed by atoms with Gasteiger partial charge in [0.15, 0.2) is 0 Å². The van der Waals surface area contributed by atoms with Crippen molar-refractivity contribution in [3.05, 3.63) is 35.4 Å². The van der Waals surface area contributed by atoms with Crippen LogP contribution in [0.2, 0.25) is 0 Å². The fourth-order valence-electron chi connectivity index (χ4n) is 2.85. The van der Waals surface area contributed by atoms with Crippen LogP contribution in [0.3, 0.4) is 0 Å². The van der Waals surface area contributed by atoms with Crippen molar-refractivity contribution in [2.45, 2.75) is 52.6 Å². The van der Waals surface area contributed by atoms with Gasteiger partial charge in [-0.2, -0.15) is 0 Å². The Balaban J connectivity index is 2.32. The SMILES string of the molecule is CC(=O)C[C@@H]1Cc2ccccc2[C@@H](C(C)(C)C)N1. The second kappa shape index (κ2) is 4.85. The zero-order valence-electron chi connectivity index (χ0n) is 11.8. The molecule has 0 bridgehead atoms. The van der Waals surface area contributed by atoms with E-state index in [1.807, 2.05) is 0 Å². The third-order valence-electron chi connectivity index (χ3n) is 3.63. The van der Waals surface area contributed by atoms with Gasteiger partial charge in [-0.3, -0.25) is 4.79 Å². The highest BCUT2D eigenvalue weighted by Crippen LogP contribution is 2.38. The second-order valence-corrected chi connectivity index (χ2v) is 6.47. The largest absolute Gasteiger partial charge is 0.306 e. The van der Waals surface area contributed by atoms with Gasteiger partial charge in [-0.25, -0.2) is 0 Å². The Kier molecular flexibility index (Phi) is 3.58. The molecule has 0 spiro atoms. The number of rotatable bonds is 2. The monoisotopic (exact) mass is 245 g/mol. The lowest BCUT2D eigenvalue weighted by atomic mass is 9.76. The number of benzene rings is 1. The Morgan fingerprint density at radius 1 is 1.33 bits per heavy atom. The minimum atomic E-state index is 0.158. The molecule has 0 radical (unpaired) electrons. The third-order valence-corrected chi connectivity index (χ3v) is 3.63. The Bertz CT molecular complexity index is 445. The lowest BCUT2D eigenvalue weighted by molar-refractivity contribution is -0.117. The lowest BCUT2D eigenvalue weighted by Crippen LogP contribution is -2.45. The molecular weight excluding hydrogens is 222 g/mol. The van der Waals surface area contributed by atoms with E-state index in [4.69, 9.17) is 0 Å². The smallest absolute Gasteiger partial charge is 0.131 e. The summed E-state index contributed by atoms with van der Waals surface area (Å²) in [4.78, 5) is 11.3. The van der Waals surface area contributed by atoms with Gasteiger partial charge in [0, 0.05) is 18.5 Å². The zero-order chi connectivity index (χ0) is 13.3. The molecule has 2 rings (SSSR count). The molecule has 2 nitrogen and oxygen atoms in total. The molecule has 0 amide bonds. The molecule has 1 aromatic rings. The van der Waals surface area contributed by atoms with Crippen LogP contribution in [0.5, 0.6) is 0 Å². The molecule has 1 aliphatic heterocycles. The van der Waals surface area contributed by atoms with Crippen LogP contribution in [-0.2, 0) is 11.2 Å². The summed E-state index contributed by atoms with van der Waals surface area (Å²) in [6.07, 6.45) is 1.59. The number of carbonyl (C=O) groups is 1. The van der Waals surface area contributed by atoms with Crippen molar-refractivity contribution in [1.29, 1.82) is 0 Å². The van der Waals surface area contributed by atoms with E-state index in [9.17, 15) is 4.79 Å². The van der Waals surface area contributed by atoms with Crippen molar-refractivity contribution in [3.8, 4) is 0 Å². The molecule has 0 fully saturated rings. The Morgan fingerprint density at radius 3 is 2.61 bits per heavy atom. The van der Waals surface area contributed by atoms with Crippen LogP contribution in [0.25, 0.3) is 0 Å². The molecule has 0 aliphatic carbocycles. The molecule has 1 aromatic carbocycles. The van der Waals surface area contributed by atoms with Crippen molar-refractivity contribution in [2.24, 2.45) is 5.41 Å². The molecule has 18 heavy (non-hydrogen) atoms. The Hall–Kier alpha value is -1.15. The van der Waals surface area contributed by atoms with Gasteiger partial charge in [0.1, 0.15) is 5.78 Å². The van der Waals surface area contributed by atoms with Gasteiger partial charge in [-0.05, 0) is 29.9 Å². The minimum Gasteiger partial charge on any atom is -0.306 e. The Labute approximate surface area is 110 Å².